The van der Waals surface area contributed by atoms with E-state index in [4.69, 9.17) is 4.74 Å². The SMILES string of the molecule is CN(C)CCN1C(=O)C(=O)/C(=C(/O)c2ccc(OCc3ccccc3)cc2)[C@@H]1c1cccnc1. The third kappa shape index (κ3) is 5.00. The molecular weight excluding hydrogens is 430 g/mol. The highest BCUT2D eigenvalue weighted by Gasteiger charge is 2.45. The molecule has 1 aliphatic heterocycles. The number of aliphatic hydroxyl groups excluding tert-OH is 1. The van der Waals surface area contributed by atoms with E-state index in [0.29, 0.717) is 36.6 Å². The molecule has 3 aromatic rings. The fourth-order valence-electron chi connectivity index (χ4n) is 3.91. The van der Waals surface area contributed by atoms with Crippen LogP contribution in [0.5, 0.6) is 5.75 Å². The predicted molar refractivity (Wildman–Crippen MR) is 129 cm³/mol. The Hall–Kier alpha value is -3.97. The Labute approximate surface area is 198 Å². The summed E-state index contributed by atoms with van der Waals surface area (Å²) >= 11 is 0. The van der Waals surface area contributed by atoms with Crippen LogP contribution in [0.25, 0.3) is 5.76 Å². The first-order chi connectivity index (χ1) is 16.5. The van der Waals surface area contributed by atoms with Crippen molar-refractivity contribution in [2.24, 2.45) is 0 Å². The molecule has 1 fully saturated rings. The van der Waals surface area contributed by atoms with E-state index in [-0.39, 0.29) is 11.3 Å². The van der Waals surface area contributed by atoms with Gasteiger partial charge in [-0.05, 0) is 55.6 Å². The van der Waals surface area contributed by atoms with E-state index in [1.165, 1.54) is 4.90 Å². The fraction of sp³-hybridized carbons (Fsp3) is 0.222. The zero-order valence-corrected chi connectivity index (χ0v) is 19.2. The molecule has 0 bridgehead atoms. The summed E-state index contributed by atoms with van der Waals surface area (Å²) < 4.78 is 5.81. The Bertz CT molecular complexity index is 1180. The standard InChI is InChI=1S/C27H27N3O4/c1-29(2)15-16-30-24(21-9-6-14-28-17-21)23(26(32)27(30)33)25(31)20-10-12-22(13-11-20)34-18-19-7-4-3-5-8-19/h3-14,17,24,31H,15-16,18H2,1-2H3/b25-23+/t24-/m0/s1. The van der Waals surface area contributed by atoms with Crippen molar-refractivity contribution < 1.29 is 19.4 Å². The molecule has 1 saturated heterocycles. The molecule has 7 heteroatoms. The fourth-order valence-corrected chi connectivity index (χ4v) is 3.91. The summed E-state index contributed by atoms with van der Waals surface area (Å²) in [5, 5.41) is 11.1. The minimum absolute atomic E-state index is 0.0645. The van der Waals surface area contributed by atoms with Gasteiger partial charge in [-0.1, -0.05) is 36.4 Å². The minimum atomic E-state index is -0.706. The zero-order valence-electron chi connectivity index (χ0n) is 19.2. The smallest absolute Gasteiger partial charge is 0.295 e. The molecule has 0 radical (unpaired) electrons. The number of rotatable bonds is 8. The molecule has 174 valence electrons. The van der Waals surface area contributed by atoms with Crippen LogP contribution in [-0.4, -0.2) is 58.8 Å². The second kappa shape index (κ2) is 10.3. The highest BCUT2D eigenvalue weighted by atomic mass is 16.5. The number of benzene rings is 2. The highest BCUT2D eigenvalue weighted by molar-refractivity contribution is 6.46. The van der Waals surface area contributed by atoms with Crippen LogP contribution in [0.2, 0.25) is 0 Å². The zero-order chi connectivity index (χ0) is 24.1. The van der Waals surface area contributed by atoms with Crippen molar-refractivity contribution in [3.05, 3.63) is 101 Å². The number of ketones is 1. The molecule has 2 heterocycles. The van der Waals surface area contributed by atoms with Gasteiger partial charge in [-0.15, -0.1) is 0 Å². The molecule has 0 saturated carbocycles. The Morgan fingerprint density at radius 2 is 1.76 bits per heavy atom. The average Bonchev–Trinajstić information content (AvgIpc) is 3.12. The maximum absolute atomic E-state index is 13.0. The van der Waals surface area contributed by atoms with Gasteiger partial charge in [0.2, 0.25) is 0 Å². The van der Waals surface area contributed by atoms with Crippen LogP contribution in [0.4, 0.5) is 0 Å². The molecule has 7 nitrogen and oxygen atoms in total. The van der Waals surface area contributed by atoms with E-state index in [9.17, 15) is 14.7 Å². The number of likely N-dealkylation sites (tertiary alicyclic amines) is 1. The van der Waals surface area contributed by atoms with E-state index in [1.54, 1.807) is 48.8 Å². The molecule has 1 atom stereocenters. The van der Waals surface area contributed by atoms with E-state index in [2.05, 4.69) is 4.98 Å². The second-order valence-electron chi connectivity index (χ2n) is 8.38. The Morgan fingerprint density at radius 1 is 1.03 bits per heavy atom. The van der Waals surface area contributed by atoms with E-state index >= 15 is 0 Å². The number of carbonyl (C=O) groups is 2. The van der Waals surface area contributed by atoms with Gasteiger partial charge in [-0.2, -0.15) is 0 Å². The second-order valence-corrected chi connectivity index (χ2v) is 8.38. The number of aromatic nitrogens is 1. The molecular formula is C27H27N3O4. The molecule has 1 aliphatic rings. The summed E-state index contributed by atoms with van der Waals surface area (Å²) in [7, 11) is 3.80. The highest BCUT2D eigenvalue weighted by Crippen LogP contribution is 2.39. The maximum atomic E-state index is 13.0. The molecule has 2 aromatic carbocycles. The van der Waals surface area contributed by atoms with Gasteiger partial charge in [0.1, 0.15) is 18.1 Å². The first kappa shape index (κ1) is 23.2. The molecule has 0 unspecified atom stereocenters. The number of hydrogen-bond acceptors (Lipinski definition) is 6. The molecule has 1 amide bonds. The first-order valence-electron chi connectivity index (χ1n) is 11.1. The van der Waals surface area contributed by atoms with Crippen molar-refractivity contribution >= 4 is 17.4 Å². The lowest BCUT2D eigenvalue weighted by Gasteiger charge is -2.26. The molecule has 0 aliphatic carbocycles. The lowest BCUT2D eigenvalue weighted by Crippen LogP contribution is -2.35. The van der Waals surface area contributed by atoms with E-state index < -0.39 is 17.7 Å². The number of carbonyl (C=O) groups excluding carboxylic acids is 2. The quantitative estimate of drug-likeness (QED) is 0.316. The van der Waals surface area contributed by atoms with Crippen LogP contribution in [-0.2, 0) is 16.2 Å². The van der Waals surface area contributed by atoms with Crippen LogP contribution in [0, 0.1) is 0 Å². The van der Waals surface area contributed by atoms with Gasteiger partial charge in [0, 0.05) is 31.0 Å². The Balaban J connectivity index is 1.63. The molecule has 34 heavy (non-hydrogen) atoms. The Kier molecular flexibility index (Phi) is 7.04. The van der Waals surface area contributed by atoms with Crippen molar-refractivity contribution in [2.45, 2.75) is 12.6 Å². The molecule has 0 spiro atoms. The summed E-state index contributed by atoms with van der Waals surface area (Å²) in [6, 6.07) is 19.5. The van der Waals surface area contributed by atoms with Gasteiger partial charge >= 0.3 is 0 Å². The largest absolute Gasteiger partial charge is 0.507 e. The number of pyridine rings is 1. The Morgan fingerprint density at radius 3 is 2.41 bits per heavy atom. The lowest BCUT2D eigenvalue weighted by atomic mass is 9.96. The van der Waals surface area contributed by atoms with Crippen molar-refractivity contribution in [3.63, 3.8) is 0 Å². The number of aliphatic hydroxyl groups is 1. The van der Waals surface area contributed by atoms with Gasteiger partial charge < -0.3 is 19.6 Å². The summed E-state index contributed by atoms with van der Waals surface area (Å²) in [4.78, 5) is 33.5. The predicted octanol–water partition coefficient (Wildman–Crippen LogP) is 3.64. The van der Waals surface area contributed by atoms with Gasteiger partial charge in [0.15, 0.2) is 0 Å². The normalized spacial score (nSPS) is 17.4. The van der Waals surface area contributed by atoms with Crippen LogP contribution in [0.3, 0.4) is 0 Å². The summed E-state index contributed by atoms with van der Waals surface area (Å²) in [5.41, 5.74) is 2.22. The number of amides is 1. The first-order valence-corrected chi connectivity index (χ1v) is 11.1. The molecule has 1 N–H and O–H groups in total. The number of likely N-dealkylation sites (N-methyl/N-ethyl adjacent to an activating group) is 1. The van der Waals surface area contributed by atoms with Crippen LogP contribution < -0.4 is 4.74 Å². The molecule has 1 aromatic heterocycles. The summed E-state index contributed by atoms with van der Waals surface area (Å²) in [6.45, 7) is 1.35. The topological polar surface area (TPSA) is 83.0 Å². The maximum Gasteiger partial charge on any atom is 0.295 e. The van der Waals surface area contributed by atoms with E-state index in [1.807, 2.05) is 49.3 Å². The number of nitrogens with zero attached hydrogens (tertiary/aromatic N) is 3. The lowest BCUT2D eigenvalue weighted by molar-refractivity contribution is -0.140. The van der Waals surface area contributed by atoms with Gasteiger partial charge in [-0.3, -0.25) is 14.6 Å². The average molecular weight is 458 g/mol. The van der Waals surface area contributed by atoms with Crippen molar-refractivity contribution in [2.75, 3.05) is 27.2 Å². The molecule has 4 rings (SSSR count). The summed E-state index contributed by atoms with van der Waals surface area (Å²) in [5.74, 6) is -0.903. The third-order valence-electron chi connectivity index (χ3n) is 5.70. The number of ether oxygens (including phenoxy) is 1. The van der Waals surface area contributed by atoms with Gasteiger partial charge in [-0.25, -0.2) is 0 Å². The van der Waals surface area contributed by atoms with Crippen molar-refractivity contribution in [1.29, 1.82) is 0 Å². The van der Waals surface area contributed by atoms with Crippen molar-refractivity contribution in [1.82, 2.24) is 14.8 Å². The van der Waals surface area contributed by atoms with Crippen LogP contribution in [0.1, 0.15) is 22.7 Å². The van der Waals surface area contributed by atoms with E-state index in [0.717, 1.165) is 5.56 Å². The van der Waals surface area contributed by atoms with Gasteiger partial charge in [0.25, 0.3) is 11.7 Å². The monoisotopic (exact) mass is 457 g/mol. The van der Waals surface area contributed by atoms with Crippen LogP contribution >= 0.6 is 0 Å². The van der Waals surface area contributed by atoms with Gasteiger partial charge in [0.05, 0.1) is 11.6 Å². The minimum Gasteiger partial charge on any atom is -0.507 e. The number of Topliss-reactive ketones (excluding diaryl/α,β-unsaturated/α-hetero) is 1. The van der Waals surface area contributed by atoms with Crippen molar-refractivity contribution in [3.8, 4) is 5.75 Å². The number of hydrogen-bond donors (Lipinski definition) is 1. The summed E-state index contributed by atoms with van der Waals surface area (Å²) in [6.07, 6.45) is 3.25. The van der Waals surface area contributed by atoms with Crippen LogP contribution in [0.15, 0.2) is 84.7 Å². The third-order valence-corrected chi connectivity index (χ3v) is 5.70.